The van der Waals surface area contributed by atoms with E-state index in [0.29, 0.717) is 35.2 Å². The van der Waals surface area contributed by atoms with E-state index >= 15 is 0 Å². The van der Waals surface area contributed by atoms with Gasteiger partial charge in [0, 0.05) is 5.56 Å². The highest BCUT2D eigenvalue weighted by atomic mass is 16.7. The van der Waals surface area contributed by atoms with Crippen molar-refractivity contribution in [2.24, 2.45) is 0 Å². The molecule has 0 amide bonds. The second-order valence-electron chi connectivity index (χ2n) is 6.45. The summed E-state index contributed by atoms with van der Waals surface area (Å²) in [4.78, 5) is 12.5. The molecule has 0 radical (unpaired) electrons. The minimum absolute atomic E-state index is 0.119. The first-order valence-corrected chi connectivity index (χ1v) is 9.20. The van der Waals surface area contributed by atoms with E-state index in [9.17, 15) is 4.79 Å². The largest absolute Gasteiger partial charge is 0.493 e. The van der Waals surface area contributed by atoms with Gasteiger partial charge < -0.3 is 18.9 Å². The summed E-state index contributed by atoms with van der Waals surface area (Å²) >= 11 is 0. The topological polar surface area (TPSA) is 54.0 Å². The number of rotatable bonds is 7. The maximum Gasteiger partial charge on any atom is 0.231 e. The molecular weight excluding hydrogens is 368 g/mol. The van der Waals surface area contributed by atoms with Crippen LogP contribution >= 0.6 is 0 Å². The van der Waals surface area contributed by atoms with Crippen LogP contribution in [0.3, 0.4) is 0 Å². The molecule has 0 unspecified atom stereocenters. The van der Waals surface area contributed by atoms with Crippen LogP contribution in [-0.2, 0) is 6.61 Å². The van der Waals surface area contributed by atoms with Gasteiger partial charge in [0.25, 0.3) is 0 Å². The molecular formula is C24H20O5. The fraction of sp³-hybridized carbons (Fsp3) is 0.125. The minimum Gasteiger partial charge on any atom is -0.493 e. The van der Waals surface area contributed by atoms with Crippen molar-refractivity contribution in [2.75, 3.05) is 13.9 Å². The second-order valence-corrected chi connectivity index (χ2v) is 6.45. The highest BCUT2D eigenvalue weighted by molar-refractivity contribution is 6.07. The van der Waals surface area contributed by atoms with E-state index in [0.717, 1.165) is 11.1 Å². The molecule has 3 aromatic rings. The van der Waals surface area contributed by atoms with E-state index in [1.165, 1.54) is 6.08 Å². The SMILES string of the molecule is COc1cc(/C=C\C(=O)c2ccc3c(c2)OCO3)ccc1OCc1ccccc1. The first-order chi connectivity index (χ1) is 14.2. The Kier molecular flexibility index (Phi) is 5.47. The Hall–Kier alpha value is -3.73. The first kappa shape index (κ1) is 18.6. The number of ketones is 1. The molecule has 0 bridgehead atoms. The predicted octanol–water partition coefficient (Wildman–Crippen LogP) is 4.90. The number of fused-ring (bicyclic) bond motifs is 1. The summed E-state index contributed by atoms with van der Waals surface area (Å²) in [6, 6.07) is 20.6. The van der Waals surface area contributed by atoms with Crippen LogP contribution < -0.4 is 18.9 Å². The molecule has 0 fully saturated rings. The number of ether oxygens (including phenoxy) is 4. The monoisotopic (exact) mass is 388 g/mol. The van der Waals surface area contributed by atoms with E-state index in [-0.39, 0.29) is 12.6 Å². The quantitative estimate of drug-likeness (QED) is 0.426. The molecule has 1 aliphatic rings. The Balaban J connectivity index is 1.45. The third-order valence-electron chi connectivity index (χ3n) is 4.51. The summed E-state index contributed by atoms with van der Waals surface area (Å²) in [6.07, 6.45) is 3.27. The van der Waals surface area contributed by atoms with Crippen LogP contribution in [0, 0.1) is 0 Å². The summed E-state index contributed by atoms with van der Waals surface area (Å²) in [7, 11) is 1.59. The number of benzene rings is 3. The Morgan fingerprint density at radius 3 is 2.62 bits per heavy atom. The third kappa shape index (κ3) is 4.41. The van der Waals surface area contributed by atoms with Crippen molar-refractivity contribution < 1.29 is 23.7 Å². The minimum atomic E-state index is -0.119. The fourth-order valence-corrected chi connectivity index (χ4v) is 2.96. The van der Waals surface area contributed by atoms with E-state index in [1.807, 2.05) is 48.5 Å². The van der Waals surface area contributed by atoms with Crippen molar-refractivity contribution in [3.05, 3.63) is 89.5 Å². The van der Waals surface area contributed by atoms with E-state index in [4.69, 9.17) is 18.9 Å². The van der Waals surface area contributed by atoms with Crippen LogP contribution in [0.15, 0.2) is 72.8 Å². The van der Waals surface area contributed by atoms with E-state index < -0.39 is 0 Å². The van der Waals surface area contributed by atoms with Crippen LogP contribution in [0.5, 0.6) is 23.0 Å². The molecule has 0 saturated heterocycles. The van der Waals surface area contributed by atoms with Gasteiger partial charge in [-0.05, 0) is 47.5 Å². The van der Waals surface area contributed by atoms with Crippen molar-refractivity contribution in [3.8, 4) is 23.0 Å². The zero-order chi connectivity index (χ0) is 20.1. The maximum atomic E-state index is 12.5. The van der Waals surface area contributed by atoms with Crippen molar-refractivity contribution in [3.63, 3.8) is 0 Å². The molecule has 146 valence electrons. The number of hydrogen-bond donors (Lipinski definition) is 0. The van der Waals surface area contributed by atoms with E-state index in [1.54, 1.807) is 31.4 Å². The molecule has 3 aromatic carbocycles. The third-order valence-corrected chi connectivity index (χ3v) is 4.51. The van der Waals surface area contributed by atoms with Gasteiger partial charge in [-0.3, -0.25) is 4.79 Å². The Bertz CT molecular complexity index is 1040. The Morgan fingerprint density at radius 2 is 1.79 bits per heavy atom. The number of methoxy groups -OCH3 is 1. The molecule has 0 spiro atoms. The molecule has 1 aliphatic heterocycles. The Morgan fingerprint density at radius 1 is 0.966 bits per heavy atom. The molecule has 0 saturated carbocycles. The number of hydrogen-bond acceptors (Lipinski definition) is 5. The van der Waals surface area contributed by atoms with Crippen molar-refractivity contribution in [2.45, 2.75) is 6.61 Å². The molecule has 5 heteroatoms. The highest BCUT2D eigenvalue weighted by Crippen LogP contribution is 2.33. The lowest BCUT2D eigenvalue weighted by Crippen LogP contribution is -1.98. The smallest absolute Gasteiger partial charge is 0.231 e. The average Bonchev–Trinajstić information content (AvgIpc) is 3.25. The van der Waals surface area contributed by atoms with Gasteiger partial charge in [0.2, 0.25) is 6.79 Å². The molecule has 29 heavy (non-hydrogen) atoms. The number of carbonyl (C=O) groups is 1. The summed E-state index contributed by atoms with van der Waals surface area (Å²) in [5, 5.41) is 0. The zero-order valence-corrected chi connectivity index (χ0v) is 16.0. The average molecular weight is 388 g/mol. The normalized spacial score (nSPS) is 12.2. The predicted molar refractivity (Wildman–Crippen MR) is 110 cm³/mol. The van der Waals surface area contributed by atoms with Gasteiger partial charge in [-0.25, -0.2) is 0 Å². The molecule has 0 atom stereocenters. The van der Waals surface area contributed by atoms with E-state index in [2.05, 4.69) is 0 Å². The highest BCUT2D eigenvalue weighted by Gasteiger charge is 2.15. The van der Waals surface area contributed by atoms with Gasteiger partial charge in [-0.2, -0.15) is 0 Å². The zero-order valence-electron chi connectivity index (χ0n) is 16.0. The molecule has 0 aromatic heterocycles. The van der Waals surface area contributed by atoms with Crippen LogP contribution in [0.1, 0.15) is 21.5 Å². The summed E-state index contributed by atoms with van der Waals surface area (Å²) in [5.74, 6) is 2.38. The van der Waals surface area contributed by atoms with Crippen molar-refractivity contribution in [1.29, 1.82) is 0 Å². The summed E-state index contributed by atoms with van der Waals surface area (Å²) in [6.45, 7) is 0.635. The lowest BCUT2D eigenvalue weighted by molar-refractivity contribution is 0.104. The Labute approximate surface area is 169 Å². The molecule has 4 rings (SSSR count). The molecule has 5 nitrogen and oxygen atoms in total. The standard InChI is InChI=1S/C24H20O5/c1-26-23-13-17(8-11-21(23)27-15-18-5-3-2-4-6-18)7-10-20(25)19-9-12-22-24(14-19)29-16-28-22/h2-14H,15-16H2,1H3/b10-7-. The van der Waals surface area contributed by atoms with Crippen LogP contribution in [0.4, 0.5) is 0 Å². The summed E-state index contributed by atoms with van der Waals surface area (Å²) in [5.41, 5.74) is 2.45. The van der Waals surface area contributed by atoms with Crippen molar-refractivity contribution >= 4 is 11.9 Å². The van der Waals surface area contributed by atoms with Crippen molar-refractivity contribution in [1.82, 2.24) is 0 Å². The van der Waals surface area contributed by atoms with Crippen LogP contribution in [0.25, 0.3) is 6.08 Å². The number of carbonyl (C=O) groups excluding carboxylic acids is 1. The van der Waals surface area contributed by atoms with Crippen LogP contribution in [0.2, 0.25) is 0 Å². The van der Waals surface area contributed by atoms with Gasteiger partial charge in [0.15, 0.2) is 28.8 Å². The molecule has 0 N–H and O–H groups in total. The van der Waals surface area contributed by atoms with Gasteiger partial charge >= 0.3 is 0 Å². The van der Waals surface area contributed by atoms with Gasteiger partial charge in [0.1, 0.15) is 6.61 Å². The summed E-state index contributed by atoms with van der Waals surface area (Å²) < 4.78 is 21.9. The van der Waals surface area contributed by atoms with Gasteiger partial charge in [-0.1, -0.05) is 42.5 Å². The second kappa shape index (κ2) is 8.52. The van der Waals surface area contributed by atoms with Gasteiger partial charge in [0.05, 0.1) is 7.11 Å². The molecule has 0 aliphatic carbocycles. The fourth-order valence-electron chi connectivity index (χ4n) is 2.96. The number of allylic oxidation sites excluding steroid dienone is 1. The van der Waals surface area contributed by atoms with Gasteiger partial charge in [-0.15, -0.1) is 0 Å². The molecule has 1 heterocycles. The lowest BCUT2D eigenvalue weighted by Gasteiger charge is -2.11. The lowest BCUT2D eigenvalue weighted by atomic mass is 10.1. The van der Waals surface area contributed by atoms with Crippen LogP contribution in [-0.4, -0.2) is 19.7 Å². The first-order valence-electron chi connectivity index (χ1n) is 9.20. The maximum absolute atomic E-state index is 12.5.